The summed E-state index contributed by atoms with van der Waals surface area (Å²) in [5.41, 5.74) is 0.280. The van der Waals surface area contributed by atoms with Gasteiger partial charge in [-0.3, -0.25) is 19.2 Å². The van der Waals surface area contributed by atoms with Crippen molar-refractivity contribution in [3.8, 4) is 5.75 Å². The van der Waals surface area contributed by atoms with Crippen LogP contribution in [0.15, 0.2) is 24.3 Å². The van der Waals surface area contributed by atoms with Crippen molar-refractivity contribution in [2.45, 2.75) is 64.2 Å². The molecule has 3 fully saturated rings. The van der Waals surface area contributed by atoms with Crippen molar-refractivity contribution in [2.24, 2.45) is 5.41 Å². The van der Waals surface area contributed by atoms with Gasteiger partial charge in [0.15, 0.2) is 0 Å². The first kappa shape index (κ1) is 23.1. The molecule has 3 saturated heterocycles. The predicted molar refractivity (Wildman–Crippen MR) is 120 cm³/mol. The van der Waals surface area contributed by atoms with E-state index < -0.39 is 12.1 Å². The number of ether oxygens (including phenoxy) is 1. The first-order chi connectivity index (χ1) is 15.6. The summed E-state index contributed by atoms with van der Waals surface area (Å²) in [5, 5.41) is 5.93. The molecule has 2 N–H and O–H groups in total. The van der Waals surface area contributed by atoms with E-state index in [-0.39, 0.29) is 47.7 Å². The Kier molecular flexibility index (Phi) is 6.07. The molecular formula is C24H32N4O5. The third-order valence-corrected chi connectivity index (χ3v) is 6.55. The molecule has 1 aromatic carbocycles. The molecule has 4 amide bonds. The lowest BCUT2D eigenvalue weighted by Crippen LogP contribution is -2.53. The number of nitrogens with zero attached hydrogens (tertiary/aromatic N) is 2. The number of fused-ring (bicyclic) bond motifs is 2. The normalized spacial score (nSPS) is 26.9. The van der Waals surface area contributed by atoms with Crippen LogP contribution in [0.3, 0.4) is 0 Å². The fraction of sp³-hybridized carbons (Fsp3) is 0.583. The second-order valence-corrected chi connectivity index (χ2v) is 10.3. The maximum absolute atomic E-state index is 13.5. The topological polar surface area (TPSA) is 108 Å². The monoisotopic (exact) mass is 456 g/mol. The maximum atomic E-state index is 13.5. The third-order valence-electron chi connectivity index (χ3n) is 6.55. The van der Waals surface area contributed by atoms with Crippen LogP contribution < -0.4 is 15.4 Å². The number of hydrogen-bond acceptors (Lipinski definition) is 5. The van der Waals surface area contributed by atoms with E-state index in [0.717, 1.165) is 0 Å². The van der Waals surface area contributed by atoms with E-state index in [1.807, 2.05) is 20.8 Å². The van der Waals surface area contributed by atoms with Gasteiger partial charge in [-0.25, -0.2) is 0 Å². The molecule has 4 atom stereocenters. The van der Waals surface area contributed by atoms with Gasteiger partial charge in [-0.15, -0.1) is 0 Å². The van der Waals surface area contributed by atoms with Crippen molar-refractivity contribution in [2.75, 3.05) is 20.2 Å². The smallest absolute Gasteiger partial charge is 0.251 e. The summed E-state index contributed by atoms with van der Waals surface area (Å²) in [7, 11) is 1.56. The van der Waals surface area contributed by atoms with Crippen LogP contribution >= 0.6 is 0 Å². The van der Waals surface area contributed by atoms with Gasteiger partial charge in [-0.1, -0.05) is 20.8 Å². The second kappa shape index (κ2) is 8.68. The molecule has 9 nitrogen and oxygen atoms in total. The van der Waals surface area contributed by atoms with Crippen molar-refractivity contribution in [1.29, 1.82) is 0 Å². The van der Waals surface area contributed by atoms with Crippen LogP contribution in [0.1, 0.15) is 50.4 Å². The number of rotatable bonds is 4. The molecule has 0 saturated carbocycles. The van der Waals surface area contributed by atoms with Crippen LogP contribution in [-0.4, -0.2) is 77.8 Å². The molecule has 1 aromatic rings. The minimum atomic E-state index is -0.690. The molecule has 3 aliphatic heterocycles. The number of methoxy groups -OCH3 is 1. The Morgan fingerprint density at radius 3 is 2.52 bits per heavy atom. The Labute approximate surface area is 193 Å². The average molecular weight is 457 g/mol. The van der Waals surface area contributed by atoms with E-state index in [0.29, 0.717) is 37.1 Å². The fourth-order valence-corrected chi connectivity index (χ4v) is 4.98. The Balaban J connectivity index is 1.47. The number of likely N-dealkylation sites (tertiary alicyclic amines) is 1. The summed E-state index contributed by atoms with van der Waals surface area (Å²) in [6, 6.07) is 4.69. The van der Waals surface area contributed by atoms with Crippen LogP contribution in [0.2, 0.25) is 0 Å². The van der Waals surface area contributed by atoms with Crippen LogP contribution in [0, 0.1) is 5.41 Å². The highest BCUT2D eigenvalue weighted by Gasteiger charge is 2.52. The number of amides is 4. The molecule has 0 aliphatic carbocycles. The zero-order chi connectivity index (χ0) is 23.9. The van der Waals surface area contributed by atoms with Crippen LogP contribution in [0.25, 0.3) is 0 Å². The van der Waals surface area contributed by atoms with Gasteiger partial charge in [0, 0.05) is 31.1 Å². The molecule has 0 unspecified atom stereocenters. The van der Waals surface area contributed by atoms with E-state index >= 15 is 0 Å². The summed E-state index contributed by atoms with van der Waals surface area (Å²) in [6.07, 6.45) is 1.24. The van der Waals surface area contributed by atoms with Crippen molar-refractivity contribution in [1.82, 2.24) is 20.4 Å². The molecule has 33 heavy (non-hydrogen) atoms. The number of nitrogens with one attached hydrogen (secondary N) is 2. The Bertz CT molecular complexity index is 955. The Morgan fingerprint density at radius 2 is 1.88 bits per heavy atom. The summed E-state index contributed by atoms with van der Waals surface area (Å²) < 4.78 is 5.12. The Morgan fingerprint density at radius 1 is 1.18 bits per heavy atom. The lowest BCUT2D eigenvalue weighted by atomic mass is 9.91. The molecule has 9 heteroatoms. The maximum Gasteiger partial charge on any atom is 0.251 e. The van der Waals surface area contributed by atoms with E-state index in [1.54, 1.807) is 41.2 Å². The van der Waals surface area contributed by atoms with Gasteiger partial charge in [-0.05, 0) is 42.5 Å². The second-order valence-electron chi connectivity index (χ2n) is 10.3. The molecule has 178 valence electrons. The third kappa shape index (κ3) is 4.67. The lowest BCUT2D eigenvalue weighted by molar-refractivity contribution is -0.145. The molecular weight excluding hydrogens is 424 g/mol. The molecule has 0 spiro atoms. The fourth-order valence-electron chi connectivity index (χ4n) is 4.98. The van der Waals surface area contributed by atoms with Crippen LogP contribution in [0.5, 0.6) is 5.75 Å². The van der Waals surface area contributed by atoms with Gasteiger partial charge in [0.25, 0.3) is 5.91 Å². The van der Waals surface area contributed by atoms with Crippen LogP contribution in [0.4, 0.5) is 0 Å². The number of carbonyl (C=O) groups excluding carboxylic acids is 4. The summed E-state index contributed by atoms with van der Waals surface area (Å²) in [4.78, 5) is 55.2. The largest absolute Gasteiger partial charge is 0.497 e. The SMILES string of the molecule is COc1ccc(C(=O)N[C@H]2C[C@@H]3C(=O)N[C@@H]4CCN(C(=O)CC(C)(C)C)[C@@H]4C(=O)N3C2)cc1. The van der Waals surface area contributed by atoms with Gasteiger partial charge in [0.1, 0.15) is 17.8 Å². The van der Waals surface area contributed by atoms with E-state index in [4.69, 9.17) is 4.74 Å². The Hall–Kier alpha value is -3.10. The molecule has 4 rings (SSSR count). The van der Waals surface area contributed by atoms with Gasteiger partial charge < -0.3 is 25.2 Å². The van der Waals surface area contributed by atoms with E-state index in [2.05, 4.69) is 10.6 Å². The molecule has 0 bridgehead atoms. The summed E-state index contributed by atoms with van der Waals surface area (Å²) in [5.74, 6) is -0.125. The molecule has 0 aromatic heterocycles. The van der Waals surface area contributed by atoms with Crippen molar-refractivity contribution < 1.29 is 23.9 Å². The lowest BCUT2D eigenvalue weighted by Gasteiger charge is -2.31. The zero-order valence-corrected chi connectivity index (χ0v) is 19.6. The minimum absolute atomic E-state index is 0.0698. The highest BCUT2D eigenvalue weighted by Crippen LogP contribution is 2.31. The average Bonchev–Trinajstić information content (AvgIpc) is 3.34. The highest BCUT2D eigenvalue weighted by molar-refractivity contribution is 5.97. The van der Waals surface area contributed by atoms with E-state index in [1.165, 1.54) is 0 Å². The van der Waals surface area contributed by atoms with Gasteiger partial charge in [0.05, 0.1) is 13.2 Å². The predicted octanol–water partition coefficient (Wildman–Crippen LogP) is 0.930. The van der Waals surface area contributed by atoms with Crippen molar-refractivity contribution in [3.05, 3.63) is 29.8 Å². The minimum Gasteiger partial charge on any atom is -0.497 e. The van der Waals surface area contributed by atoms with Gasteiger partial charge >= 0.3 is 0 Å². The van der Waals surface area contributed by atoms with Gasteiger partial charge in [-0.2, -0.15) is 0 Å². The van der Waals surface area contributed by atoms with Crippen molar-refractivity contribution in [3.63, 3.8) is 0 Å². The van der Waals surface area contributed by atoms with Crippen molar-refractivity contribution >= 4 is 23.6 Å². The summed E-state index contributed by atoms with van der Waals surface area (Å²) >= 11 is 0. The number of benzene rings is 1. The van der Waals surface area contributed by atoms with Gasteiger partial charge in [0.2, 0.25) is 17.7 Å². The van der Waals surface area contributed by atoms with Crippen LogP contribution in [-0.2, 0) is 14.4 Å². The number of hydrogen-bond donors (Lipinski definition) is 2. The molecule has 3 aliphatic rings. The standard InChI is InChI=1S/C24H32N4O5/c1-24(2,3)12-19(29)27-10-9-17-20(27)23(32)28-13-15(11-18(28)22(31)26-17)25-21(30)14-5-7-16(33-4)8-6-14/h5-8,15,17-18,20H,9-13H2,1-4H3,(H,25,30)(H,26,31)/t15-,17+,18+,20-/m0/s1. The zero-order valence-electron chi connectivity index (χ0n) is 19.6. The first-order valence-corrected chi connectivity index (χ1v) is 11.4. The molecule has 0 radical (unpaired) electrons. The summed E-state index contributed by atoms with van der Waals surface area (Å²) in [6.45, 7) is 6.65. The first-order valence-electron chi connectivity index (χ1n) is 11.4. The van der Waals surface area contributed by atoms with E-state index in [9.17, 15) is 19.2 Å². The number of carbonyl (C=O) groups is 4. The quantitative estimate of drug-likeness (QED) is 0.701. The highest BCUT2D eigenvalue weighted by atomic mass is 16.5. The molecule has 3 heterocycles.